The topological polar surface area (TPSA) is 41.6 Å². The van der Waals surface area contributed by atoms with Crippen LogP contribution in [-0.2, 0) is 0 Å². The summed E-state index contributed by atoms with van der Waals surface area (Å²) >= 11 is 0. The molecule has 4 nitrogen and oxygen atoms in total. The molecule has 0 spiro atoms. The van der Waals surface area contributed by atoms with Crippen molar-refractivity contribution in [2.45, 2.75) is 19.3 Å². The first-order valence-corrected chi connectivity index (χ1v) is 6.23. The number of carbonyl (C=O) groups excluding carboxylic acids is 1. The van der Waals surface area contributed by atoms with Gasteiger partial charge in [-0.1, -0.05) is 0 Å². The van der Waals surface area contributed by atoms with E-state index in [4.69, 9.17) is 0 Å². The van der Waals surface area contributed by atoms with Gasteiger partial charge < -0.3 is 15.0 Å². The smallest absolute Gasteiger partial charge is 0.406 e. The second-order valence-electron chi connectivity index (χ2n) is 4.68. The first kappa shape index (κ1) is 17.6. The molecule has 1 aromatic carbocycles. The lowest BCUT2D eigenvalue weighted by Crippen LogP contribution is -2.51. The molecule has 0 bridgehead atoms. The van der Waals surface area contributed by atoms with Crippen LogP contribution in [0.25, 0.3) is 0 Å². The highest BCUT2D eigenvalue weighted by molar-refractivity contribution is 5.94. The number of nitrogens with one attached hydrogen (secondary N) is 1. The zero-order valence-corrected chi connectivity index (χ0v) is 12.1. The minimum Gasteiger partial charge on any atom is -0.406 e. The van der Waals surface area contributed by atoms with E-state index in [9.17, 15) is 18.0 Å². The van der Waals surface area contributed by atoms with Crippen LogP contribution in [-0.4, -0.2) is 42.8 Å². The molecule has 1 heterocycles. The highest BCUT2D eigenvalue weighted by Gasteiger charge is 2.31. The third-order valence-corrected chi connectivity index (χ3v) is 2.99. The van der Waals surface area contributed by atoms with Crippen LogP contribution in [0.1, 0.15) is 17.3 Å². The molecule has 0 saturated carbocycles. The third kappa shape index (κ3) is 5.09. The van der Waals surface area contributed by atoms with Gasteiger partial charge in [0.1, 0.15) is 5.75 Å². The highest BCUT2D eigenvalue weighted by atomic mass is 35.5. The van der Waals surface area contributed by atoms with Crippen LogP contribution in [0.2, 0.25) is 0 Å². The van der Waals surface area contributed by atoms with Gasteiger partial charge in [-0.3, -0.25) is 4.79 Å². The van der Waals surface area contributed by atoms with Gasteiger partial charge in [-0.05, 0) is 31.2 Å². The van der Waals surface area contributed by atoms with Crippen molar-refractivity contribution in [2.24, 2.45) is 0 Å². The van der Waals surface area contributed by atoms with Gasteiger partial charge in [0.05, 0.1) is 0 Å². The van der Waals surface area contributed by atoms with Crippen LogP contribution >= 0.6 is 12.4 Å². The van der Waals surface area contributed by atoms with E-state index >= 15 is 0 Å². The Morgan fingerprint density at radius 2 is 1.95 bits per heavy atom. The Kier molecular flexibility index (Phi) is 5.86. The van der Waals surface area contributed by atoms with E-state index in [1.165, 1.54) is 12.1 Å². The second-order valence-corrected chi connectivity index (χ2v) is 4.68. The molecule has 8 heteroatoms. The highest BCUT2D eigenvalue weighted by Crippen LogP contribution is 2.23. The monoisotopic (exact) mass is 324 g/mol. The van der Waals surface area contributed by atoms with Crippen LogP contribution in [0.3, 0.4) is 0 Å². The normalized spacial score (nSPS) is 18.9. The van der Waals surface area contributed by atoms with Gasteiger partial charge in [0, 0.05) is 31.2 Å². The summed E-state index contributed by atoms with van der Waals surface area (Å²) in [4.78, 5) is 13.9. The minimum absolute atomic E-state index is 0. The van der Waals surface area contributed by atoms with Crippen LogP contribution in [0.5, 0.6) is 5.75 Å². The number of hydrogen-bond donors (Lipinski definition) is 1. The molecule has 0 aliphatic carbocycles. The van der Waals surface area contributed by atoms with Gasteiger partial charge in [-0.2, -0.15) is 0 Å². The molecule has 2 rings (SSSR count). The van der Waals surface area contributed by atoms with Gasteiger partial charge in [0.25, 0.3) is 5.91 Å². The number of benzene rings is 1. The molecule has 1 N–H and O–H groups in total. The summed E-state index contributed by atoms with van der Waals surface area (Å²) in [7, 11) is 0. The summed E-state index contributed by atoms with van der Waals surface area (Å²) < 4.78 is 39.9. The molecule has 1 aliphatic heterocycles. The zero-order valence-electron chi connectivity index (χ0n) is 11.3. The van der Waals surface area contributed by atoms with E-state index in [-0.39, 0.29) is 30.1 Å². The number of rotatable bonds is 2. The Balaban J connectivity index is 0.00000220. The van der Waals surface area contributed by atoms with E-state index in [2.05, 4.69) is 10.1 Å². The van der Waals surface area contributed by atoms with Gasteiger partial charge >= 0.3 is 6.36 Å². The second kappa shape index (κ2) is 7.00. The van der Waals surface area contributed by atoms with E-state index in [1.807, 2.05) is 6.92 Å². The van der Waals surface area contributed by atoms with Gasteiger partial charge in [0.15, 0.2) is 0 Å². The van der Waals surface area contributed by atoms with Crippen LogP contribution in [0.4, 0.5) is 13.2 Å². The van der Waals surface area contributed by atoms with Gasteiger partial charge in [-0.25, -0.2) is 0 Å². The van der Waals surface area contributed by atoms with E-state index < -0.39 is 6.36 Å². The standard InChI is InChI=1S/C13H15F3N2O2.ClH/c1-9-8-18(7-6-17-9)12(19)10-2-4-11(5-3-10)20-13(14,15)16;/h2-5,9,17H,6-8H2,1H3;1H. The maximum absolute atomic E-state index is 12.2. The summed E-state index contributed by atoms with van der Waals surface area (Å²) in [6, 6.07) is 5.19. The lowest BCUT2D eigenvalue weighted by Gasteiger charge is -2.32. The molecule has 1 aromatic rings. The van der Waals surface area contributed by atoms with Crippen molar-refractivity contribution in [2.75, 3.05) is 19.6 Å². The molecule has 1 saturated heterocycles. The largest absolute Gasteiger partial charge is 0.573 e. The Morgan fingerprint density at radius 1 is 1.33 bits per heavy atom. The average molecular weight is 325 g/mol. The number of alkyl halides is 3. The molecule has 1 aliphatic rings. The molecule has 0 aromatic heterocycles. The predicted molar refractivity (Wildman–Crippen MR) is 73.7 cm³/mol. The van der Waals surface area contributed by atoms with Gasteiger partial charge in [-0.15, -0.1) is 25.6 Å². The van der Waals surface area contributed by atoms with Crippen molar-refractivity contribution in [3.05, 3.63) is 29.8 Å². The zero-order chi connectivity index (χ0) is 14.8. The van der Waals surface area contributed by atoms with Gasteiger partial charge in [0.2, 0.25) is 0 Å². The fourth-order valence-corrected chi connectivity index (χ4v) is 2.10. The van der Waals surface area contributed by atoms with Crippen LogP contribution < -0.4 is 10.1 Å². The molecule has 1 atom stereocenters. The fraction of sp³-hybridized carbons (Fsp3) is 0.462. The molecule has 1 amide bonds. The number of amides is 1. The third-order valence-electron chi connectivity index (χ3n) is 2.99. The molecule has 118 valence electrons. The Bertz CT molecular complexity index is 479. The van der Waals surface area contributed by atoms with E-state index in [0.717, 1.165) is 12.1 Å². The van der Waals surface area contributed by atoms with Crippen molar-refractivity contribution in [3.8, 4) is 5.75 Å². The number of piperazine rings is 1. The Labute approximate surface area is 126 Å². The van der Waals surface area contributed by atoms with E-state index in [1.54, 1.807) is 4.90 Å². The van der Waals surface area contributed by atoms with Crippen molar-refractivity contribution in [3.63, 3.8) is 0 Å². The maximum atomic E-state index is 12.2. The maximum Gasteiger partial charge on any atom is 0.573 e. The summed E-state index contributed by atoms with van der Waals surface area (Å²) in [6.45, 7) is 3.85. The van der Waals surface area contributed by atoms with E-state index in [0.29, 0.717) is 25.2 Å². The molecule has 21 heavy (non-hydrogen) atoms. The number of nitrogens with zero attached hydrogens (tertiary/aromatic N) is 1. The molecule has 1 unspecified atom stereocenters. The molecular weight excluding hydrogens is 309 g/mol. The summed E-state index contributed by atoms with van der Waals surface area (Å²) in [5.74, 6) is -0.514. The number of hydrogen-bond acceptors (Lipinski definition) is 3. The van der Waals surface area contributed by atoms with Crippen molar-refractivity contribution in [1.29, 1.82) is 0 Å². The van der Waals surface area contributed by atoms with Crippen LogP contribution in [0, 0.1) is 0 Å². The summed E-state index contributed by atoms with van der Waals surface area (Å²) in [5.41, 5.74) is 0.355. The molecular formula is C13H16ClF3N2O2. The quantitative estimate of drug-likeness (QED) is 0.908. The lowest BCUT2D eigenvalue weighted by atomic mass is 10.1. The number of ether oxygens (including phenoxy) is 1. The first-order chi connectivity index (χ1) is 9.35. The molecule has 1 fully saturated rings. The predicted octanol–water partition coefficient (Wildman–Crippen LogP) is 2.44. The number of carbonyl (C=O) groups is 1. The van der Waals surface area contributed by atoms with Crippen molar-refractivity contribution in [1.82, 2.24) is 10.2 Å². The minimum atomic E-state index is -4.72. The molecule has 0 radical (unpaired) electrons. The average Bonchev–Trinajstić information content (AvgIpc) is 2.37. The lowest BCUT2D eigenvalue weighted by molar-refractivity contribution is -0.274. The fourth-order valence-electron chi connectivity index (χ4n) is 2.10. The van der Waals surface area contributed by atoms with Crippen molar-refractivity contribution >= 4 is 18.3 Å². The van der Waals surface area contributed by atoms with Crippen LogP contribution in [0.15, 0.2) is 24.3 Å². The summed E-state index contributed by atoms with van der Waals surface area (Å²) in [6.07, 6.45) is -4.72. The Morgan fingerprint density at radius 3 is 2.48 bits per heavy atom. The summed E-state index contributed by atoms with van der Waals surface area (Å²) in [5, 5.41) is 3.21. The number of halogens is 4. The van der Waals surface area contributed by atoms with Crippen molar-refractivity contribution < 1.29 is 22.7 Å². The Hall–Kier alpha value is -1.47. The first-order valence-electron chi connectivity index (χ1n) is 6.23. The SMILES string of the molecule is CC1CN(C(=O)c2ccc(OC(F)(F)F)cc2)CCN1.Cl.